The normalized spacial score (nSPS) is 10.7. The molecule has 0 bridgehead atoms. The van der Waals surface area contributed by atoms with Gasteiger partial charge in [0, 0.05) is 0 Å². The quantitative estimate of drug-likeness (QED) is 0.752. The maximum Gasteiger partial charge on any atom is -0.0227 e. The Morgan fingerprint density at radius 3 is 2.08 bits per heavy atom. The molecule has 3 N–H and O–H groups in total. The van der Waals surface area contributed by atoms with Gasteiger partial charge in [0.1, 0.15) is 0 Å². The molecule has 0 saturated carbocycles. The van der Waals surface area contributed by atoms with E-state index in [0.717, 1.165) is 0 Å². The van der Waals surface area contributed by atoms with Crippen LogP contribution in [0.2, 0.25) is 0 Å². The topological polar surface area (TPSA) is 35.0 Å². The van der Waals surface area contributed by atoms with Gasteiger partial charge in [-0.2, -0.15) is 0 Å². The van der Waals surface area contributed by atoms with Crippen molar-refractivity contribution >= 4 is 0 Å². The van der Waals surface area contributed by atoms with E-state index >= 15 is 0 Å². The van der Waals surface area contributed by atoms with Crippen LogP contribution in [0.5, 0.6) is 0 Å². The fourth-order valence-corrected chi connectivity index (χ4v) is 1.27. The summed E-state index contributed by atoms with van der Waals surface area (Å²) in [6, 6.07) is 10.7. The molecule has 0 spiro atoms. The average Bonchev–Trinajstić information content (AvgIpc) is 2.06. The van der Waals surface area contributed by atoms with Gasteiger partial charge in [0.05, 0.1) is 0 Å². The third kappa shape index (κ3) is 4.09. The van der Waals surface area contributed by atoms with Gasteiger partial charge < -0.3 is 6.15 Å². The van der Waals surface area contributed by atoms with Crippen LogP contribution in [-0.4, -0.2) is 0 Å². The molecule has 0 unspecified atom stereocenters. The van der Waals surface area contributed by atoms with E-state index in [4.69, 9.17) is 0 Å². The molecule has 0 saturated heterocycles. The van der Waals surface area contributed by atoms with E-state index in [0.29, 0.717) is 5.41 Å². The van der Waals surface area contributed by atoms with Gasteiger partial charge in [0.25, 0.3) is 0 Å². The number of hydrogen-bond acceptors (Lipinski definition) is 1. The van der Waals surface area contributed by atoms with E-state index in [-0.39, 0.29) is 6.15 Å². The van der Waals surface area contributed by atoms with Gasteiger partial charge in [-0.15, -0.1) is 0 Å². The van der Waals surface area contributed by atoms with Crippen molar-refractivity contribution in [3.63, 3.8) is 0 Å². The molecule has 13 heavy (non-hydrogen) atoms. The fourth-order valence-electron chi connectivity index (χ4n) is 1.27. The first-order chi connectivity index (χ1) is 5.64. The Morgan fingerprint density at radius 2 is 1.62 bits per heavy atom. The molecular weight excluding hydrogens is 158 g/mol. The van der Waals surface area contributed by atoms with E-state index in [2.05, 4.69) is 51.1 Å². The molecule has 1 heteroatoms. The summed E-state index contributed by atoms with van der Waals surface area (Å²) in [5.74, 6) is 0. The van der Waals surface area contributed by atoms with E-state index < -0.39 is 0 Å². The first-order valence-electron chi connectivity index (χ1n) is 4.68. The maximum absolute atomic E-state index is 2.32. The second kappa shape index (κ2) is 5.03. The predicted octanol–water partition coefficient (Wildman–Crippen LogP) is 3.83. The molecule has 1 rings (SSSR count). The number of rotatable bonds is 3. The summed E-state index contributed by atoms with van der Waals surface area (Å²) in [5.41, 5.74) is 1.89. The van der Waals surface area contributed by atoms with E-state index in [1.165, 1.54) is 18.4 Å². The zero-order chi connectivity index (χ0) is 9.03. The molecular formula is C12H21N. The van der Waals surface area contributed by atoms with Gasteiger partial charge in [0.15, 0.2) is 0 Å². The summed E-state index contributed by atoms with van der Waals surface area (Å²) in [6.07, 6.45) is 2.42. The third-order valence-corrected chi connectivity index (χ3v) is 2.48. The Labute approximate surface area is 81.8 Å². The highest BCUT2D eigenvalue weighted by atomic mass is 14.2. The second-order valence-corrected chi connectivity index (χ2v) is 4.18. The summed E-state index contributed by atoms with van der Waals surface area (Å²) >= 11 is 0. The van der Waals surface area contributed by atoms with Gasteiger partial charge in [-0.3, -0.25) is 0 Å². The van der Waals surface area contributed by atoms with Gasteiger partial charge in [-0.1, -0.05) is 57.5 Å². The van der Waals surface area contributed by atoms with Crippen LogP contribution in [0.15, 0.2) is 30.3 Å². The lowest BCUT2D eigenvalue weighted by Gasteiger charge is -2.22. The zero-order valence-corrected chi connectivity index (χ0v) is 9.01. The molecule has 0 aliphatic heterocycles. The predicted molar refractivity (Wildman–Crippen MR) is 59.2 cm³/mol. The third-order valence-electron chi connectivity index (χ3n) is 2.48. The molecule has 74 valence electrons. The number of hydrogen-bond donors (Lipinski definition) is 1. The molecule has 0 fully saturated rings. The molecule has 0 aliphatic carbocycles. The van der Waals surface area contributed by atoms with Crippen LogP contribution in [0.4, 0.5) is 0 Å². The molecule has 0 amide bonds. The minimum Gasteiger partial charge on any atom is -0.344 e. The Balaban J connectivity index is 0.00000144. The summed E-state index contributed by atoms with van der Waals surface area (Å²) in [5, 5.41) is 0. The highest BCUT2D eigenvalue weighted by molar-refractivity contribution is 5.15. The Bertz CT molecular complexity index is 226. The smallest absolute Gasteiger partial charge is 0.0227 e. The van der Waals surface area contributed by atoms with Gasteiger partial charge in [-0.05, 0) is 17.4 Å². The van der Waals surface area contributed by atoms with Crippen LogP contribution >= 0.6 is 0 Å². The van der Waals surface area contributed by atoms with Crippen molar-refractivity contribution in [2.75, 3.05) is 0 Å². The molecule has 1 nitrogen and oxygen atoms in total. The lowest BCUT2D eigenvalue weighted by atomic mass is 9.83. The zero-order valence-electron chi connectivity index (χ0n) is 9.01. The largest absolute Gasteiger partial charge is 0.344 e. The van der Waals surface area contributed by atoms with Crippen molar-refractivity contribution < 1.29 is 0 Å². The molecule has 0 atom stereocenters. The Morgan fingerprint density at radius 1 is 1.08 bits per heavy atom. The van der Waals surface area contributed by atoms with Gasteiger partial charge >= 0.3 is 0 Å². The second-order valence-electron chi connectivity index (χ2n) is 4.18. The first-order valence-corrected chi connectivity index (χ1v) is 4.68. The average molecular weight is 179 g/mol. The molecule has 0 radical (unpaired) electrons. The van der Waals surface area contributed by atoms with Crippen molar-refractivity contribution in [2.24, 2.45) is 5.41 Å². The highest BCUT2D eigenvalue weighted by Crippen LogP contribution is 2.24. The highest BCUT2D eigenvalue weighted by Gasteiger charge is 2.14. The standard InChI is InChI=1S/C12H18.H3N/c1-4-12(2,3)10-11-8-6-5-7-9-11;/h5-9H,4,10H2,1-3H3;1H3. The summed E-state index contributed by atoms with van der Waals surface area (Å²) in [6.45, 7) is 6.89. The van der Waals surface area contributed by atoms with Gasteiger partial charge in [0.2, 0.25) is 0 Å². The molecule has 1 aromatic carbocycles. The fraction of sp³-hybridized carbons (Fsp3) is 0.500. The minimum absolute atomic E-state index is 0. The van der Waals surface area contributed by atoms with Crippen LogP contribution < -0.4 is 6.15 Å². The summed E-state index contributed by atoms with van der Waals surface area (Å²) in [7, 11) is 0. The lowest BCUT2D eigenvalue weighted by Crippen LogP contribution is -2.12. The van der Waals surface area contributed by atoms with Crippen LogP contribution in [0.3, 0.4) is 0 Å². The molecule has 1 aromatic rings. The minimum atomic E-state index is 0. The molecule has 0 heterocycles. The van der Waals surface area contributed by atoms with Crippen LogP contribution in [0, 0.1) is 5.41 Å². The van der Waals surface area contributed by atoms with E-state index in [1.807, 2.05) is 0 Å². The Hall–Kier alpha value is -0.820. The van der Waals surface area contributed by atoms with Crippen LogP contribution in [-0.2, 0) is 6.42 Å². The maximum atomic E-state index is 2.32. The van der Waals surface area contributed by atoms with Crippen molar-refractivity contribution in [1.29, 1.82) is 0 Å². The Kier molecular flexibility index (Phi) is 4.71. The van der Waals surface area contributed by atoms with E-state index in [9.17, 15) is 0 Å². The first kappa shape index (κ1) is 12.2. The molecule has 0 aliphatic rings. The van der Waals surface area contributed by atoms with Gasteiger partial charge in [-0.25, -0.2) is 0 Å². The number of benzene rings is 1. The lowest BCUT2D eigenvalue weighted by molar-refractivity contribution is 0.349. The van der Waals surface area contributed by atoms with Crippen LogP contribution in [0.25, 0.3) is 0 Å². The monoisotopic (exact) mass is 179 g/mol. The van der Waals surface area contributed by atoms with Crippen molar-refractivity contribution in [2.45, 2.75) is 33.6 Å². The SMILES string of the molecule is CCC(C)(C)Cc1ccccc1.N. The summed E-state index contributed by atoms with van der Waals surface area (Å²) in [4.78, 5) is 0. The van der Waals surface area contributed by atoms with Crippen molar-refractivity contribution in [1.82, 2.24) is 6.15 Å². The summed E-state index contributed by atoms with van der Waals surface area (Å²) < 4.78 is 0. The van der Waals surface area contributed by atoms with Crippen molar-refractivity contribution in [3.8, 4) is 0 Å². The van der Waals surface area contributed by atoms with E-state index in [1.54, 1.807) is 0 Å². The van der Waals surface area contributed by atoms with Crippen LogP contribution in [0.1, 0.15) is 32.8 Å². The van der Waals surface area contributed by atoms with Crippen molar-refractivity contribution in [3.05, 3.63) is 35.9 Å². The molecule has 0 aromatic heterocycles.